The zero-order valence-corrected chi connectivity index (χ0v) is 25.9. The molecular formula is C32H24Cl2N10O2. The highest BCUT2D eigenvalue weighted by atomic mass is 35.5. The lowest BCUT2D eigenvalue weighted by Crippen LogP contribution is -2.18. The van der Waals surface area contributed by atoms with Crippen molar-refractivity contribution in [3.63, 3.8) is 0 Å². The van der Waals surface area contributed by atoms with Gasteiger partial charge >= 0.3 is 0 Å². The molecule has 0 aliphatic carbocycles. The number of rotatable bonds is 4. The van der Waals surface area contributed by atoms with E-state index in [1.54, 1.807) is 14.2 Å². The molecule has 1 aliphatic rings. The third kappa shape index (κ3) is 5.99. The third-order valence-electron chi connectivity index (χ3n) is 6.97. The van der Waals surface area contributed by atoms with E-state index in [0.29, 0.717) is 34.2 Å². The molecule has 7 rings (SSSR count). The summed E-state index contributed by atoms with van der Waals surface area (Å²) < 4.78 is 10.8. The van der Waals surface area contributed by atoms with Crippen molar-refractivity contribution in [2.45, 2.75) is 0 Å². The number of hydrogen-bond acceptors (Lipinski definition) is 12. The third-order valence-corrected chi connectivity index (χ3v) is 7.31. The van der Waals surface area contributed by atoms with Crippen molar-refractivity contribution in [2.24, 2.45) is 0 Å². The van der Waals surface area contributed by atoms with E-state index < -0.39 is 0 Å². The molecule has 2 N–H and O–H groups in total. The molecule has 6 aromatic rings. The highest BCUT2D eigenvalue weighted by Crippen LogP contribution is 2.40. The first-order valence-electron chi connectivity index (χ1n) is 13.9. The molecule has 8 bridgehead atoms. The van der Waals surface area contributed by atoms with Crippen molar-refractivity contribution in [1.82, 2.24) is 29.9 Å². The molecule has 2 aromatic heterocycles. The molecule has 0 fully saturated rings. The van der Waals surface area contributed by atoms with Crippen LogP contribution in [0.1, 0.15) is 0 Å². The Balaban J connectivity index is 1.49. The van der Waals surface area contributed by atoms with Gasteiger partial charge in [0.15, 0.2) is 0 Å². The Morgan fingerprint density at radius 1 is 0.500 bits per heavy atom. The minimum Gasteiger partial charge on any atom is -0.497 e. The lowest BCUT2D eigenvalue weighted by molar-refractivity contribution is 0.414. The summed E-state index contributed by atoms with van der Waals surface area (Å²) in [7, 11) is 3.23. The molecule has 14 heteroatoms. The monoisotopic (exact) mass is 650 g/mol. The van der Waals surface area contributed by atoms with Crippen LogP contribution in [0.15, 0.2) is 97.1 Å². The SMILES string of the molecule is COc1ccc(N2c3cccc(c3)N(c3ccc(OC)cc3)c3nc(Cl)nc(n3)Nc3cccc(c3)Nc3nc(Cl)nc2n3)cc1. The van der Waals surface area contributed by atoms with Gasteiger partial charge in [-0.3, -0.25) is 9.80 Å². The summed E-state index contributed by atoms with van der Waals surface area (Å²) >= 11 is 13.0. The lowest BCUT2D eigenvalue weighted by Gasteiger charge is -2.27. The maximum absolute atomic E-state index is 6.50. The molecule has 3 heterocycles. The number of benzene rings is 4. The fourth-order valence-corrected chi connectivity index (χ4v) is 5.23. The maximum Gasteiger partial charge on any atom is 0.240 e. The molecular weight excluding hydrogens is 627 g/mol. The number of fused-ring (bicyclic) bond motifs is 8. The van der Waals surface area contributed by atoms with Crippen LogP contribution in [0.25, 0.3) is 0 Å². The molecule has 0 amide bonds. The Hall–Kier alpha value is -5.72. The summed E-state index contributed by atoms with van der Waals surface area (Å²) in [6, 6.07) is 30.2. The van der Waals surface area contributed by atoms with Gasteiger partial charge in [-0.1, -0.05) is 12.1 Å². The molecule has 1 aliphatic heterocycles. The van der Waals surface area contributed by atoms with Gasteiger partial charge in [-0.25, -0.2) is 0 Å². The second-order valence-electron chi connectivity index (χ2n) is 9.87. The number of nitrogens with zero attached hydrogens (tertiary/aromatic N) is 8. The Labute approximate surface area is 273 Å². The lowest BCUT2D eigenvalue weighted by atomic mass is 10.2. The Morgan fingerprint density at radius 3 is 1.37 bits per heavy atom. The first kappa shape index (κ1) is 29.0. The second kappa shape index (κ2) is 12.3. The summed E-state index contributed by atoms with van der Waals surface area (Å²) in [5.41, 5.74) is 4.29. The number of aromatic nitrogens is 6. The van der Waals surface area contributed by atoms with Crippen molar-refractivity contribution in [3.05, 3.63) is 108 Å². The van der Waals surface area contributed by atoms with Crippen molar-refractivity contribution < 1.29 is 9.47 Å². The molecule has 228 valence electrons. The predicted molar refractivity (Wildman–Crippen MR) is 179 cm³/mol. The standard InChI is InChI=1S/C32H24Cl2N10O2/c1-45-25-13-9-21(10-14-25)43-23-7-4-8-24(18-23)44(22-11-15-26(46-2)16-12-22)32-40-28(34)38-30(42-32)36-20-6-3-5-19(17-20)35-29-37-27(33)39-31(43)41-29/h3-18H,1-2H3,(H,35,37,39,41)(H,36,38,40,42). The van der Waals surface area contributed by atoms with Crippen molar-refractivity contribution in [3.8, 4) is 11.5 Å². The van der Waals surface area contributed by atoms with Gasteiger partial charge in [-0.2, -0.15) is 29.9 Å². The number of halogens is 2. The largest absolute Gasteiger partial charge is 0.497 e. The first-order valence-corrected chi connectivity index (χ1v) is 14.7. The molecule has 0 saturated heterocycles. The summed E-state index contributed by atoms with van der Waals surface area (Å²) in [5.74, 6) is 2.47. The zero-order valence-electron chi connectivity index (χ0n) is 24.4. The van der Waals surface area contributed by atoms with Gasteiger partial charge in [-0.05, 0) is 108 Å². The second-order valence-corrected chi connectivity index (χ2v) is 10.5. The molecule has 46 heavy (non-hydrogen) atoms. The predicted octanol–water partition coefficient (Wildman–Crippen LogP) is 8.12. The topological polar surface area (TPSA) is 126 Å². The van der Waals surface area contributed by atoms with E-state index in [-0.39, 0.29) is 34.4 Å². The Kier molecular flexibility index (Phi) is 7.79. The van der Waals surface area contributed by atoms with E-state index in [4.69, 9.17) is 42.6 Å². The van der Waals surface area contributed by atoms with E-state index in [0.717, 1.165) is 11.4 Å². The highest BCUT2D eigenvalue weighted by Gasteiger charge is 2.23. The van der Waals surface area contributed by atoms with Crippen LogP contribution in [0, 0.1) is 0 Å². The van der Waals surface area contributed by atoms with E-state index in [1.807, 2.05) is 107 Å². The molecule has 0 radical (unpaired) electrons. The smallest absolute Gasteiger partial charge is 0.240 e. The molecule has 0 atom stereocenters. The number of methoxy groups -OCH3 is 2. The van der Waals surface area contributed by atoms with Gasteiger partial charge in [0.1, 0.15) is 11.5 Å². The van der Waals surface area contributed by atoms with E-state index in [2.05, 4.69) is 30.6 Å². The van der Waals surface area contributed by atoms with Crippen molar-refractivity contribution in [2.75, 3.05) is 34.7 Å². The van der Waals surface area contributed by atoms with Crippen molar-refractivity contribution >= 4 is 81.1 Å². The van der Waals surface area contributed by atoms with E-state index >= 15 is 0 Å². The van der Waals surface area contributed by atoms with Crippen LogP contribution in [-0.4, -0.2) is 44.1 Å². The van der Waals surface area contributed by atoms with Crippen molar-refractivity contribution in [1.29, 1.82) is 0 Å². The van der Waals surface area contributed by atoms with Crippen LogP contribution in [0.2, 0.25) is 10.6 Å². The molecule has 0 saturated carbocycles. The minimum absolute atomic E-state index is 0.0136. The minimum atomic E-state index is 0.0136. The van der Waals surface area contributed by atoms with Crippen LogP contribution in [0.5, 0.6) is 11.5 Å². The van der Waals surface area contributed by atoms with E-state index in [1.165, 1.54) is 0 Å². The maximum atomic E-state index is 6.50. The normalized spacial score (nSPS) is 12.2. The van der Waals surface area contributed by atoms with Gasteiger partial charge in [-0.15, -0.1) is 0 Å². The fraction of sp³-hybridized carbons (Fsp3) is 0.0625. The first-order chi connectivity index (χ1) is 22.4. The molecule has 0 unspecified atom stereocenters. The Morgan fingerprint density at radius 2 is 0.935 bits per heavy atom. The van der Waals surface area contributed by atoms with Gasteiger partial charge in [0.25, 0.3) is 0 Å². The molecule has 12 nitrogen and oxygen atoms in total. The van der Waals surface area contributed by atoms with Crippen LogP contribution in [0.4, 0.5) is 57.9 Å². The number of hydrogen-bond donors (Lipinski definition) is 2. The summed E-state index contributed by atoms with van der Waals surface area (Å²) in [6.45, 7) is 0. The van der Waals surface area contributed by atoms with Gasteiger partial charge in [0.2, 0.25) is 34.4 Å². The Bertz CT molecular complexity index is 1890. The van der Waals surface area contributed by atoms with Crippen LogP contribution >= 0.6 is 23.2 Å². The van der Waals surface area contributed by atoms with Crippen LogP contribution in [0.3, 0.4) is 0 Å². The molecule has 0 spiro atoms. The van der Waals surface area contributed by atoms with Crippen LogP contribution in [-0.2, 0) is 0 Å². The van der Waals surface area contributed by atoms with Gasteiger partial charge in [0, 0.05) is 22.7 Å². The summed E-state index contributed by atoms with van der Waals surface area (Å²) in [4.78, 5) is 31.0. The quantitative estimate of drug-likeness (QED) is 0.191. The number of nitrogens with one attached hydrogen (secondary N) is 2. The summed E-state index contributed by atoms with van der Waals surface area (Å²) in [6.07, 6.45) is 0. The number of anilines is 10. The average molecular weight is 652 g/mol. The number of ether oxygens (including phenoxy) is 2. The molecule has 4 aromatic carbocycles. The average Bonchev–Trinajstić information content (AvgIpc) is 3.05. The summed E-state index contributed by atoms with van der Waals surface area (Å²) in [5, 5.41) is 6.48. The fourth-order valence-electron chi connectivity index (χ4n) is 4.92. The van der Waals surface area contributed by atoms with Gasteiger partial charge in [0.05, 0.1) is 25.6 Å². The van der Waals surface area contributed by atoms with Gasteiger partial charge < -0.3 is 20.1 Å². The zero-order chi connectivity index (χ0) is 31.6. The van der Waals surface area contributed by atoms with E-state index in [9.17, 15) is 0 Å². The highest BCUT2D eigenvalue weighted by molar-refractivity contribution is 6.28. The van der Waals surface area contributed by atoms with Crippen LogP contribution < -0.4 is 29.9 Å².